The maximum Gasteiger partial charge on any atom is 0.158 e. The Morgan fingerprint density at radius 2 is 2.19 bits per heavy atom. The number of fused-ring (bicyclic) bond motifs is 1. The van der Waals surface area contributed by atoms with Crippen molar-refractivity contribution in [3.05, 3.63) is 17.7 Å². The van der Waals surface area contributed by atoms with Gasteiger partial charge in [0.15, 0.2) is 5.52 Å². The highest BCUT2D eigenvalue weighted by molar-refractivity contribution is 5.89. The molecule has 0 aliphatic rings. The van der Waals surface area contributed by atoms with E-state index in [4.69, 9.17) is 10.4 Å². The molecule has 0 aliphatic carbocycles. The number of aliphatic hydroxyl groups is 1. The molecule has 114 valence electrons. The first kappa shape index (κ1) is 15.4. The number of nitrogens with one attached hydrogen (secondary N) is 1. The molecular formula is C14H20N4O3. The van der Waals surface area contributed by atoms with Crippen LogP contribution in [0.15, 0.2) is 16.8 Å². The van der Waals surface area contributed by atoms with Gasteiger partial charge in [-0.25, -0.2) is 4.63 Å². The fraction of sp³-hybridized carbons (Fsp3) is 0.500. The molecule has 1 heterocycles. The zero-order chi connectivity index (χ0) is 15.1. The molecule has 2 rings (SSSR count). The summed E-state index contributed by atoms with van der Waals surface area (Å²) in [5.41, 5.74) is 8.40. The van der Waals surface area contributed by atoms with E-state index in [1.54, 1.807) is 0 Å². The molecule has 0 aliphatic heterocycles. The number of hydrogen-bond acceptors (Lipinski definition) is 7. The second-order valence-corrected chi connectivity index (χ2v) is 4.86. The molecule has 0 amide bonds. The summed E-state index contributed by atoms with van der Waals surface area (Å²) >= 11 is 0. The van der Waals surface area contributed by atoms with Crippen molar-refractivity contribution >= 4 is 23.0 Å². The van der Waals surface area contributed by atoms with Gasteiger partial charge in [0.2, 0.25) is 0 Å². The average Bonchev–Trinajstić information content (AvgIpc) is 2.99. The molecule has 7 heteroatoms. The number of hydrogen-bond donors (Lipinski definition) is 3. The molecule has 0 spiro atoms. The second kappa shape index (κ2) is 7.70. The van der Waals surface area contributed by atoms with E-state index in [1.807, 2.05) is 12.1 Å². The zero-order valence-corrected chi connectivity index (χ0v) is 11.8. The van der Waals surface area contributed by atoms with Gasteiger partial charge in [0.1, 0.15) is 11.8 Å². The van der Waals surface area contributed by atoms with Crippen LogP contribution in [0.3, 0.4) is 0 Å². The minimum Gasteiger partial charge on any atom is -0.396 e. The van der Waals surface area contributed by atoms with Gasteiger partial charge in [0.25, 0.3) is 0 Å². The van der Waals surface area contributed by atoms with Gasteiger partial charge in [-0.05, 0) is 41.3 Å². The van der Waals surface area contributed by atoms with Crippen molar-refractivity contribution in [3.63, 3.8) is 0 Å². The quantitative estimate of drug-likeness (QED) is 0.467. The summed E-state index contributed by atoms with van der Waals surface area (Å²) in [5, 5.41) is 20.6. The van der Waals surface area contributed by atoms with Crippen molar-refractivity contribution in [2.24, 2.45) is 5.73 Å². The fourth-order valence-electron chi connectivity index (χ4n) is 2.30. The standard InChI is InChI=1S/C14H20N4O3/c15-6-2-7-16-12-5-4-11(10(9-20)3-1-8-19)13-14(12)18-21-17-13/h4-5,8,10,16,20H,1-3,6-7,9,15H2. The topological polar surface area (TPSA) is 114 Å². The molecular weight excluding hydrogens is 272 g/mol. The smallest absolute Gasteiger partial charge is 0.158 e. The summed E-state index contributed by atoms with van der Waals surface area (Å²) in [6, 6.07) is 3.78. The van der Waals surface area contributed by atoms with Gasteiger partial charge in [-0.3, -0.25) is 0 Å². The first-order valence-corrected chi connectivity index (χ1v) is 7.05. The van der Waals surface area contributed by atoms with Crippen molar-refractivity contribution in [2.75, 3.05) is 25.0 Å². The minimum absolute atomic E-state index is 0.0459. The summed E-state index contributed by atoms with van der Waals surface area (Å²) in [6.45, 7) is 1.31. The third kappa shape index (κ3) is 3.56. The first-order valence-electron chi connectivity index (χ1n) is 7.05. The molecule has 0 saturated heterocycles. The largest absolute Gasteiger partial charge is 0.396 e. The predicted octanol–water partition coefficient (Wildman–Crippen LogP) is 1.04. The minimum atomic E-state index is -0.150. The van der Waals surface area contributed by atoms with E-state index in [-0.39, 0.29) is 12.5 Å². The van der Waals surface area contributed by atoms with Crippen molar-refractivity contribution in [2.45, 2.75) is 25.2 Å². The molecule has 0 fully saturated rings. The molecule has 1 aromatic carbocycles. The lowest BCUT2D eigenvalue weighted by molar-refractivity contribution is -0.108. The van der Waals surface area contributed by atoms with E-state index < -0.39 is 0 Å². The van der Waals surface area contributed by atoms with Crippen LogP contribution in [-0.4, -0.2) is 41.4 Å². The predicted molar refractivity (Wildman–Crippen MR) is 79.1 cm³/mol. The average molecular weight is 292 g/mol. The van der Waals surface area contributed by atoms with Crippen molar-refractivity contribution < 1.29 is 14.5 Å². The molecule has 1 aromatic heterocycles. The van der Waals surface area contributed by atoms with Crippen LogP contribution in [0.2, 0.25) is 0 Å². The van der Waals surface area contributed by atoms with Crippen LogP contribution in [0.25, 0.3) is 11.0 Å². The number of aldehydes is 1. The third-order valence-corrected chi connectivity index (χ3v) is 3.44. The second-order valence-electron chi connectivity index (χ2n) is 4.86. The number of benzene rings is 1. The van der Waals surface area contributed by atoms with E-state index in [1.165, 1.54) is 0 Å². The van der Waals surface area contributed by atoms with Crippen molar-refractivity contribution in [1.29, 1.82) is 0 Å². The van der Waals surface area contributed by atoms with Crippen LogP contribution in [0.1, 0.15) is 30.7 Å². The Bertz CT molecular complexity index is 585. The summed E-state index contributed by atoms with van der Waals surface area (Å²) in [6.07, 6.45) is 2.67. The maximum atomic E-state index is 10.5. The Labute approximate surface area is 122 Å². The van der Waals surface area contributed by atoms with E-state index >= 15 is 0 Å². The van der Waals surface area contributed by atoms with Gasteiger partial charge in [-0.2, -0.15) is 0 Å². The van der Waals surface area contributed by atoms with Gasteiger partial charge >= 0.3 is 0 Å². The van der Waals surface area contributed by atoms with E-state index in [9.17, 15) is 9.90 Å². The lowest BCUT2D eigenvalue weighted by Crippen LogP contribution is -2.10. The van der Waals surface area contributed by atoms with Gasteiger partial charge in [-0.1, -0.05) is 6.07 Å². The SMILES string of the molecule is NCCCNc1ccc(C(CO)CCC=O)c2nonc12. The molecule has 1 unspecified atom stereocenters. The molecule has 0 radical (unpaired) electrons. The highest BCUT2D eigenvalue weighted by Gasteiger charge is 2.18. The van der Waals surface area contributed by atoms with Crippen LogP contribution in [0.5, 0.6) is 0 Å². The lowest BCUT2D eigenvalue weighted by atomic mass is 9.93. The summed E-state index contributed by atoms with van der Waals surface area (Å²) in [7, 11) is 0. The number of nitrogens with zero attached hydrogens (tertiary/aromatic N) is 2. The first-order chi connectivity index (χ1) is 10.3. The van der Waals surface area contributed by atoms with Crippen molar-refractivity contribution in [1.82, 2.24) is 10.3 Å². The normalized spacial score (nSPS) is 12.5. The zero-order valence-electron chi connectivity index (χ0n) is 11.8. The van der Waals surface area contributed by atoms with Crippen LogP contribution in [-0.2, 0) is 4.79 Å². The molecule has 0 bridgehead atoms. The van der Waals surface area contributed by atoms with Gasteiger partial charge < -0.3 is 21.0 Å². The Kier molecular flexibility index (Phi) is 5.65. The Morgan fingerprint density at radius 3 is 2.90 bits per heavy atom. The number of nitrogens with two attached hydrogens (primary N) is 1. The van der Waals surface area contributed by atoms with E-state index in [0.717, 1.165) is 30.5 Å². The molecule has 2 aromatic rings. The molecule has 1 atom stereocenters. The molecule has 4 N–H and O–H groups in total. The monoisotopic (exact) mass is 292 g/mol. The summed E-state index contributed by atoms with van der Waals surface area (Å²) in [5.74, 6) is -0.150. The maximum absolute atomic E-state index is 10.5. The van der Waals surface area contributed by atoms with Crippen LogP contribution in [0.4, 0.5) is 5.69 Å². The van der Waals surface area contributed by atoms with Gasteiger partial charge in [-0.15, -0.1) is 0 Å². The van der Waals surface area contributed by atoms with Gasteiger partial charge in [0.05, 0.1) is 12.3 Å². The summed E-state index contributed by atoms with van der Waals surface area (Å²) < 4.78 is 4.84. The van der Waals surface area contributed by atoms with Gasteiger partial charge in [0, 0.05) is 18.9 Å². The number of anilines is 1. The molecule has 7 nitrogen and oxygen atoms in total. The number of aliphatic hydroxyl groups excluding tert-OH is 1. The Balaban J connectivity index is 2.27. The van der Waals surface area contributed by atoms with Crippen LogP contribution >= 0.6 is 0 Å². The lowest BCUT2D eigenvalue weighted by Gasteiger charge is -2.14. The van der Waals surface area contributed by atoms with Crippen LogP contribution in [0, 0.1) is 0 Å². The summed E-state index contributed by atoms with van der Waals surface area (Å²) in [4.78, 5) is 10.5. The van der Waals surface area contributed by atoms with Crippen molar-refractivity contribution in [3.8, 4) is 0 Å². The molecule has 21 heavy (non-hydrogen) atoms. The molecule has 0 saturated carbocycles. The number of rotatable bonds is 9. The number of aromatic nitrogens is 2. The Morgan fingerprint density at radius 1 is 1.38 bits per heavy atom. The number of carbonyl (C=O) groups excluding carboxylic acids is 1. The fourth-order valence-corrected chi connectivity index (χ4v) is 2.30. The highest BCUT2D eigenvalue weighted by Crippen LogP contribution is 2.30. The highest BCUT2D eigenvalue weighted by atomic mass is 16.6. The van der Waals surface area contributed by atoms with E-state index in [0.29, 0.717) is 30.4 Å². The van der Waals surface area contributed by atoms with Crippen LogP contribution < -0.4 is 11.1 Å². The number of carbonyl (C=O) groups is 1. The Hall–Kier alpha value is -1.99. The van der Waals surface area contributed by atoms with E-state index in [2.05, 4.69) is 15.6 Å². The third-order valence-electron chi connectivity index (χ3n) is 3.44.